The topological polar surface area (TPSA) is 71.1 Å². The van der Waals surface area contributed by atoms with Gasteiger partial charge in [-0.2, -0.15) is 0 Å². The van der Waals surface area contributed by atoms with Crippen molar-refractivity contribution in [2.24, 2.45) is 0 Å². The van der Waals surface area contributed by atoms with Gasteiger partial charge in [0.2, 0.25) is 0 Å². The van der Waals surface area contributed by atoms with Crippen LogP contribution in [-0.4, -0.2) is 87.8 Å². The number of carbonyl (C=O) groups is 2. The third-order valence-electron chi connectivity index (χ3n) is 4.95. The summed E-state index contributed by atoms with van der Waals surface area (Å²) in [6, 6.07) is 0. The predicted octanol–water partition coefficient (Wildman–Crippen LogP) is 2.05. The van der Waals surface area contributed by atoms with E-state index in [9.17, 15) is 9.59 Å². The maximum atomic E-state index is 11.7. The van der Waals surface area contributed by atoms with E-state index in [0.29, 0.717) is 32.6 Å². The molecule has 7 heteroatoms. The second kappa shape index (κ2) is 16.7. The van der Waals surface area contributed by atoms with E-state index in [1.807, 2.05) is 6.92 Å². The summed E-state index contributed by atoms with van der Waals surface area (Å²) in [6.45, 7) is 10.3. The molecule has 164 valence electrons. The maximum absolute atomic E-state index is 11.7. The fourth-order valence-electron chi connectivity index (χ4n) is 3.09. The summed E-state index contributed by atoms with van der Waals surface area (Å²) in [7, 11) is 2.17. The van der Waals surface area contributed by atoms with Crippen molar-refractivity contribution in [3.05, 3.63) is 0 Å². The molecule has 7 nitrogen and oxygen atoms in total. The number of nitrogens with zero attached hydrogens (tertiary/aromatic N) is 2. The Labute approximate surface area is 171 Å². The van der Waals surface area contributed by atoms with Crippen molar-refractivity contribution in [2.45, 2.75) is 58.3 Å². The van der Waals surface area contributed by atoms with Crippen LogP contribution in [0.25, 0.3) is 0 Å². The molecule has 0 aromatic carbocycles. The van der Waals surface area contributed by atoms with Crippen LogP contribution in [0.1, 0.15) is 58.3 Å². The maximum Gasteiger partial charge on any atom is 0.307 e. The molecule has 0 saturated carbocycles. The van der Waals surface area contributed by atoms with Crippen LogP contribution in [0.5, 0.6) is 0 Å². The molecule has 1 rings (SSSR count). The van der Waals surface area contributed by atoms with E-state index in [1.54, 1.807) is 0 Å². The summed E-state index contributed by atoms with van der Waals surface area (Å²) in [6.07, 6.45) is 6.61. The number of hydrogen-bond donors (Lipinski definition) is 1. The molecule has 0 amide bonds. The molecule has 0 radical (unpaired) electrons. The molecule has 28 heavy (non-hydrogen) atoms. The van der Waals surface area contributed by atoms with Gasteiger partial charge in [-0.15, -0.1) is 0 Å². The van der Waals surface area contributed by atoms with Crippen molar-refractivity contribution in [3.63, 3.8) is 0 Å². The molecule has 0 atom stereocenters. The van der Waals surface area contributed by atoms with Crippen LogP contribution in [0, 0.1) is 0 Å². The van der Waals surface area contributed by atoms with E-state index in [2.05, 4.69) is 22.2 Å². The van der Waals surface area contributed by atoms with Crippen LogP contribution < -0.4 is 5.32 Å². The third-order valence-corrected chi connectivity index (χ3v) is 4.95. The minimum absolute atomic E-state index is 0.107. The Morgan fingerprint density at radius 3 is 2.04 bits per heavy atom. The van der Waals surface area contributed by atoms with Gasteiger partial charge < -0.3 is 24.6 Å². The molecule has 1 aliphatic rings. The molecule has 0 aromatic heterocycles. The summed E-state index contributed by atoms with van der Waals surface area (Å²) in [5.41, 5.74) is 0. The van der Waals surface area contributed by atoms with Crippen LogP contribution >= 0.6 is 0 Å². The van der Waals surface area contributed by atoms with Gasteiger partial charge in [0.15, 0.2) is 0 Å². The van der Waals surface area contributed by atoms with Gasteiger partial charge in [-0.1, -0.05) is 6.92 Å². The van der Waals surface area contributed by atoms with Crippen molar-refractivity contribution >= 4 is 11.9 Å². The minimum atomic E-state index is -0.125. The second-order valence-electron chi connectivity index (χ2n) is 7.60. The lowest BCUT2D eigenvalue weighted by Crippen LogP contribution is -2.45. The molecule has 0 bridgehead atoms. The highest BCUT2D eigenvalue weighted by Crippen LogP contribution is 2.02. The van der Waals surface area contributed by atoms with Crippen LogP contribution in [-0.2, 0) is 19.1 Å². The Morgan fingerprint density at radius 2 is 1.43 bits per heavy atom. The zero-order valence-electron chi connectivity index (χ0n) is 18.0. The van der Waals surface area contributed by atoms with Crippen molar-refractivity contribution < 1.29 is 19.1 Å². The Balaban J connectivity index is 1.80. The number of rotatable bonds is 16. The highest BCUT2D eigenvalue weighted by molar-refractivity contribution is 5.69. The average molecular weight is 400 g/mol. The smallest absolute Gasteiger partial charge is 0.307 e. The first-order chi connectivity index (χ1) is 13.6. The molecule has 1 heterocycles. The number of ether oxygens (including phenoxy) is 2. The van der Waals surface area contributed by atoms with Gasteiger partial charge in [-0.25, -0.2) is 0 Å². The Bertz CT molecular complexity index is 412. The zero-order chi connectivity index (χ0) is 20.5. The molecular formula is C21H41N3O4. The summed E-state index contributed by atoms with van der Waals surface area (Å²) < 4.78 is 10.4. The van der Waals surface area contributed by atoms with Crippen LogP contribution in [0.15, 0.2) is 0 Å². The number of piperazine rings is 1. The van der Waals surface area contributed by atoms with E-state index < -0.39 is 0 Å². The molecule has 1 fully saturated rings. The molecule has 1 aliphatic heterocycles. The number of unbranched alkanes of at least 4 members (excludes halogenated alkanes) is 3. The molecule has 1 saturated heterocycles. The van der Waals surface area contributed by atoms with E-state index in [1.165, 1.54) is 0 Å². The van der Waals surface area contributed by atoms with E-state index in [0.717, 1.165) is 77.8 Å². The van der Waals surface area contributed by atoms with E-state index in [4.69, 9.17) is 9.47 Å². The fourth-order valence-corrected chi connectivity index (χ4v) is 3.09. The van der Waals surface area contributed by atoms with Gasteiger partial charge in [0.25, 0.3) is 0 Å². The lowest BCUT2D eigenvalue weighted by Gasteiger charge is -2.32. The average Bonchev–Trinajstić information content (AvgIpc) is 2.68. The van der Waals surface area contributed by atoms with Crippen LogP contribution in [0.4, 0.5) is 0 Å². The molecular weight excluding hydrogens is 358 g/mol. The van der Waals surface area contributed by atoms with Crippen LogP contribution in [0.2, 0.25) is 0 Å². The normalized spacial score (nSPS) is 15.5. The Hall–Kier alpha value is -1.18. The fraction of sp³-hybridized carbons (Fsp3) is 0.905. The third kappa shape index (κ3) is 13.9. The number of esters is 2. The standard InChI is InChI=1S/C21H41N3O4/c1-3-9-20(25)27-18-6-4-5-7-19-28-21(26)10-12-22-11-8-13-24-16-14-23(2)15-17-24/h22H,3-19H2,1-2H3. The second-order valence-corrected chi connectivity index (χ2v) is 7.60. The quantitative estimate of drug-likeness (QED) is 0.315. The highest BCUT2D eigenvalue weighted by atomic mass is 16.5. The zero-order valence-corrected chi connectivity index (χ0v) is 18.0. The van der Waals surface area contributed by atoms with Crippen molar-refractivity contribution in [1.82, 2.24) is 15.1 Å². The highest BCUT2D eigenvalue weighted by Gasteiger charge is 2.12. The van der Waals surface area contributed by atoms with E-state index >= 15 is 0 Å². The van der Waals surface area contributed by atoms with Crippen molar-refractivity contribution in [2.75, 3.05) is 66.1 Å². The Kier molecular flexibility index (Phi) is 14.9. The summed E-state index contributed by atoms with van der Waals surface area (Å²) in [5, 5.41) is 3.33. The summed E-state index contributed by atoms with van der Waals surface area (Å²) >= 11 is 0. The van der Waals surface area contributed by atoms with Gasteiger partial charge in [0, 0.05) is 39.1 Å². The SMILES string of the molecule is CCCC(=O)OCCCCCCOC(=O)CCNCCCN1CCN(C)CC1. The molecule has 0 spiro atoms. The predicted molar refractivity (Wildman–Crippen MR) is 111 cm³/mol. The Morgan fingerprint density at radius 1 is 0.821 bits per heavy atom. The monoisotopic (exact) mass is 399 g/mol. The van der Waals surface area contributed by atoms with Gasteiger partial charge in [-0.3, -0.25) is 9.59 Å². The molecule has 0 aromatic rings. The number of nitrogens with one attached hydrogen (secondary N) is 1. The van der Waals surface area contributed by atoms with Gasteiger partial charge >= 0.3 is 11.9 Å². The summed E-state index contributed by atoms with van der Waals surface area (Å²) in [4.78, 5) is 27.8. The molecule has 1 N–H and O–H groups in total. The van der Waals surface area contributed by atoms with Gasteiger partial charge in [0.05, 0.1) is 19.6 Å². The van der Waals surface area contributed by atoms with Gasteiger partial charge in [0.1, 0.15) is 0 Å². The lowest BCUT2D eigenvalue weighted by atomic mass is 10.2. The van der Waals surface area contributed by atoms with Gasteiger partial charge in [-0.05, 0) is 58.7 Å². The van der Waals surface area contributed by atoms with Crippen molar-refractivity contribution in [1.29, 1.82) is 0 Å². The number of carbonyl (C=O) groups excluding carboxylic acids is 2. The molecule has 0 aliphatic carbocycles. The number of hydrogen-bond acceptors (Lipinski definition) is 7. The first-order valence-electron chi connectivity index (χ1n) is 11.0. The number of likely N-dealkylation sites (N-methyl/N-ethyl adjacent to an activating group) is 1. The van der Waals surface area contributed by atoms with Crippen LogP contribution in [0.3, 0.4) is 0 Å². The first-order valence-corrected chi connectivity index (χ1v) is 11.0. The summed E-state index contributed by atoms with van der Waals surface area (Å²) in [5.74, 6) is -0.232. The van der Waals surface area contributed by atoms with E-state index in [-0.39, 0.29) is 11.9 Å². The molecule has 0 unspecified atom stereocenters. The minimum Gasteiger partial charge on any atom is -0.466 e. The first kappa shape index (κ1) is 24.9. The lowest BCUT2D eigenvalue weighted by molar-refractivity contribution is -0.145. The largest absolute Gasteiger partial charge is 0.466 e. The van der Waals surface area contributed by atoms with Crippen molar-refractivity contribution in [3.8, 4) is 0 Å².